The van der Waals surface area contributed by atoms with E-state index >= 15 is 0 Å². The van der Waals surface area contributed by atoms with Crippen LogP contribution in [0.3, 0.4) is 0 Å². The van der Waals surface area contributed by atoms with E-state index in [4.69, 9.17) is 10.00 Å². The van der Waals surface area contributed by atoms with E-state index in [0.29, 0.717) is 18.2 Å². The van der Waals surface area contributed by atoms with Gasteiger partial charge in [0.15, 0.2) is 0 Å². The van der Waals surface area contributed by atoms with Gasteiger partial charge in [0.2, 0.25) is 0 Å². The number of carbonyl (C=O) groups excluding carboxylic acids is 1. The highest BCUT2D eigenvalue weighted by Crippen LogP contribution is 2.35. The molecule has 0 aliphatic carbocycles. The topological polar surface area (TPSA) is 53.3 Å². The number of hydrogen-bond donors (Lipinski definition) is 0. The molecule has 0 saturated carbocycles. The molecule has 1 unspecified atom stereocenters. The predicted molar refractivity (Wildman–Crippen MR) is 108 cm³/mol. The highest BCUT2D eigenvalue weighted by Gasteiger charge is 2.21. The number of carbonyl (C=O) groups is 1. The lowest BCUT2D eigenvalue weighted by Crippen LogP contribution is -2.28. The number of ether oxygens (including phenoxy) is 1. The molecule has 4 heteroatoms. The second-order valence-corrected chi connectivity index (χ2v) is 7.13. The second-order valence-electron chi connectivity index (χ2n) is 7.13. The first-order valence-corrected chi connectivity index (χ1v) is 9.35. The Morgan fingerprint density at radius 3 is 2.48 bits per heavy atom. The van der Waals surface area contributed by atoms with Gasteiger partial charge in [0.1, 0.15) is 5.75 Å². The number of rotatable bonds is 8. The van der Waals surface area contributed by atoms with Crippen molar-refractivity contribution in [3.8, 4) is 11.8 Å². The van der Waals surface area contributed by atoms with Crippen LogP contribution in [-0.2, 0) is 11.2 Å². The second kappa shape index (κ2) is 9.89. The van der Waals surface area contributed by atoms with Crippen LogP contribution in [0, 0.1) is 11.3 Å². The van der Waals surface area contributed by atoms with Gasteiger partial charge in [0, 0.05) is 24.4 Å². The van der Waals surface area contributed by atoms with Gasteiger partial charge in [-0.25, -0.2) is 0 Å². The molecule has 0 radical (unpaired) electrons. The van der Waals surface area contributed by atoms with Gasteiger partial charge in [-0.3, -0.25) is 4.79 Å². The molecule has 0 N–H and O–H groups in total. The van der Waals surface area contributed by atoms with Crippen LogP contribution < -0.4 is 4.74 Å². The molecule has 2 rings (SSSR count). The first-order chi connectivity index (χ1) is 12.9. The largest absolute Gasteiger partial charge is 0.426 e. The lowest BCUT2D eigenvalue weighted by Gasteiger charge is -2.26. The monoisotopic (exact) mass is 364 g/mol. The Morgan fingerprint density at radius 1 is 1.19 bits per heavy atom. The maximum atomic E-state index is 11.6. The highest BCUT2D eigenvalue weighted by molar-refractivity contribution is 5.70. The van der Waals surface area contributed by atoms with Crippen LogP contribution in [0.5, 0.6) is 5.75 Å². The third-order valence-corrected chi connectivity index (χ3v) is 4.84. The molecule has 0 aliphatic rings. The smallest absolute Gasteiger partial charge is 0.308 e. The van der Waals surface area contributed by atoms with Gasteiger partial charge >= 0.3 is 5.97 Å². The van der Waals surface area contributed by atoms with Crippen LogP contribution in [-0.4, -0.2) is 30.5 Å². The van der Waals surface area contributed by atoms with Crippen molar-refractivity contribution in [1.82, 2.24) is 4.90 Å². The summed E-state index contributed by atoms with van der Waals surface area (Å²) in [5.74, 6) is 0.320. The van der Waals surface area contributed by atoms with Crippen molar-refractivity contribution < 1.29 is 9.53 Å². The minimum absolute atomic E-state index is 0.0837. The fourth-order valence-corrected chi connectivity index (χ4v) is 3.10. The van der Waals surface area contributed by atoms with Gasteiger partial charge < -0.3 is 9.64 Å². The van der Waals surface area contributed by atoms with Crippen molar-refractivity contribution in [2.75, 3.05) is 13.6 Å². The molecule has 0 amide bonds. The third-order valence-electron chi connectivity index (χ3n) is 4.84. The quantitative estimate of drug-likeness (QED) is 0.510. The first kappa shape index (κ1) is 20.7. The maximum absolute atomic E-state index is 11.6. The molecular weight excluding hydrogens is 336 g/mol. The molecule has 4 nitrogen and oxygen atoms in total. The van der Waals surface area contributed by atoms with E-state index in [0.717, 1.165) is 24.1 Å². The fraction of sp³-hybridized carbons (Fsp3) is 0.391. The van der Waals surface area contributed by atoms with E-state index in [-0.39, 0.29) is 11.9 Å². The first-order valence-electron chi connectivity index (χ1n) is 9.35. The van der Waals surface area contributed by atoms with E-state index in [2.05, 4.69) is 44.0 Å². The SMILES string of the molecule is CC(=O)Oc1ccc(CC#N)cc1C(CCN(C)C(C)C)c1ccccc1. The van der Waals surface area contributed by atoms with Crippen molar-refractivity contribution in [3.05, 3.63) is 65.2 Å². The van der Waals surface area contributed by atoms with Gasteiger partial charge in [-0.15, -0.1) is 0 Å². The van der Waals surface area contributed by atoms with Gasteiger partial charge in [-0.1, -0.05) is 42.5 Å². The number of benzene rings is 2. The summed E-state index contributed by atoms with van der Waals surface area (Å²) in [5.41, 5.74) is 3.07. The predicted octanol–water partition coefficient (Wildman–Crippen LogP) is 4.54. The lowest BCUT2D eigenvalue weighted by atomic mass is 9.86. The molecule has 0 spiro atoms. The summed E-state index contributed by atoms with van der Waals surface area (Å²) in [6, 6.07) is 18.6. The summed E-state index contributed by atoms with van der Waals surface area (Å²) in [7, 11) is 2.12. The van der Waals surface area contributed by atoms with E-state index in [1.807, 2.05) is 36.4 Å². The highest BCUT2D eigenvalue weighted by atomic mass is 16.5. The molecule has 142 valence electrons. The zero-order valence-electron chi connectivity index (χ0n) is 16.6. The average molecular weight is 364 g/mol. The normalized spacial score (nSPS) is 12.0. The number of hydrogen-bond acceptors (Lipinski definition) is 4. The molecule has 0 fully saturated rings. The van der Waals surface area contributed by atoms with Crippen LogP contribution in [0.25, 0.3) is 0 Å². The molecule has 2 aromatic rings. The van der Waals surface area contributed by atoms with Gasteiger partial charge in [-0.2, -0.15) is 5.26 Å². The average Bonchev–Trinajstić information content (AvgIpc) is 2.64. The van der Waals surface area contributed by atoms with Crippen LogP contribution >= 0.6 is 0 Å². The Hall–Kier alpha value is -2.64. The maximum Gasteiger partial charge on any atom is 0.308 e. The summed E-state index contributed by atoms with van der Waals surface area (Å²) in [6.07, 6.45) is 1.23. The minimum atomic E-state index is -0.338. The Labute approximate surface area is 162 Å². The minimum Gasteiger partial charge on any atom is -0.426 e. The van der Waals surface area contributed by atoms with Crippen molar-refractivity contribution >= 4 is 5.97 Å². The molecule has 27 heavy (non-hydrogen) atoms. The van der Waals surface area contributed by atoms with E-state index in [1.165, 1.54) is 12.5 Å². The number of esters is 1. The van der Waals surface area contributed by atoms with Crippen molar-refractivity contribution in [3.63, 3.8) is 0 Å². The molecule has 0 saturated heterocycles. The van der Waals surface area contributed by atoms with Gasteiger partial charge in [-0.05, 0) is 51.1 Å². The van der Waals surface area contributed by atoms with Crippen molar-refractivity contribution in [2.45, 2.75) is 45.6 Å². The van der Waals surface area contributed by atoms with E-state index < -0.39 is 0 Å². The molecular formula is C23H28N2O2. The Morgan fingerprint density at radius 2 is 1.89 bits per heavy atom. The van der Waals surface area contributed by atoms with E-state index in [9.17, 15) is 4.79 Å². The molecule has 0 heterocycles. The van der Waals surface area contributed by atoms with Gasteiger partial charge in [0.25, 0.3) is 0 Å². The van der Waals surface area contributed by atoms with E-state index in [1.54, 1.807) is 0 Å². The van der Waals surface area contributed by atoms with Crippen LogP contribution in [0.2, 0.25) is 0 Å². The Balaban J connectivity index is 2.47. The summed E-state index contributed by atoms with van der Waals surface area (Å²) in [6.45, 7) is 6.68. The van der Waals surface area contributed by atoms with Crippen LogP contribution in [0.1, 0.15) is 49.8 Å². The fourth-order valence-electron chi connectivity index (χ4n) is 3.10. The Bertz CT molecular complexity index is 794. The standard InChI is InChI=1S/C23H28N2O2/c1-17(2)25(4)15-13-21(20-8-6-5-7-9-20)22-16-19(12-14-24)10-11-23(22)27-18(3)26/h5-11,16-17,21H,12-13,15H2,1-4H3. The molecule has 0 aliphatic heterocycles. The Kier molecular flexibility index (Phi) is 7.57. The zero-order chi connectivity index (χ0) is 19.8. The molecule has 1 atom stereocenters. The van der Waals surface area contributed by atoms with Crippen molar-refractivity contribution in [2.24, 2.45) is 0 Å². The van der Waals surface area contributed by atoms with Gasteiger partial charge in [0.05, 0.1) is 12.5 Å². The van der Waals surface area contributed by atoms with Crippen molar-refractivity contribution in [1.29, 1.82) is 5.26 Å². The molecule has 0 bridgehead atoms. The zero-order valence-corrected chi connectivity index (χ0v) is 16.6. The molecule has 0 aromatic heterocycles. The summed E-state index contributed by atoms with van der Waals surface area (Å²) < 4.78 is 5.50. The number of nitrogens with zero attached hydrogens (tertiary/aromatic N) is 2. The summed E-state index contributed by atoms with van der Waals surface area (Å²) >= 11 is 0. The number of nitriles is 1. The molecule has 2 aromatic carbocycles. The van der Waals surface area contributed by atoms with Crippen LogP contribution in [0.4, 0.5) is 0 Å². The lowest BCUT2D eigenvalue weighted by molar-refractivity contribution is -0.131. The summed E-state index contributed by atoms with van der Waals surface area (Å²) in [4.78, 5) is 13.9. The summed E-state index contributed by atoms with van der Waals surface area (Å²) in [5, 5.41) is 9.08. The third kappa shape index (κ3) is 5.94. The van der Waals surface area contributed by atoms with Crippen LogP contribution in [0.15, 0.2) is 48.5 Å².